The summed E-state index contributed by atoms with van der Waals surface area (Å²) in [5, 5.41) is 4.95. The third-order valence-electron chi connectivity index (χ3n) is 3.14. The monoisotopic (exact) mass is 319 g/mol. The molecule has 0 radical (unpaired) electrons. The maximum atomic E-state index is 6.06. The van der Waals surface area contributed by atoms with Crippen LogP contribution in [0.4, 0.5) is 11.5 Å². The summed E-state index contributed by atoms with van der Waals surface area (Å²) in [6.07, 6.45) is 2.55. The zero-order valence-electron chi connectivity index (χ0n) is 11.7. The number of aryl methyl sites for hydroxylation is 1. The van der Waals surface area contributed by atoms with Crippen molar-refractivity contribution in [1.29, 1.82) is 0 Å². The Morgan fingerprint density at radius 1 is 1.29 bits per heavy atom. The Labute approximate surface area is 131 Å². The van der Waals surface area contributed by atoms with E-state index in [9.17, 15) is 0 Å². The number of rotatable bonds is 4. The lowest BCUT2D eigenvalue weighted by atomic mass is 10.2. The Bertz CT molecular complexity index is 788. The summed E-state index contributed by atoms with van der Waals surface area (Å²) in [7, 11) is 1.63. The minimum atomic E-state index is 0.642. The van der Waals surface area contributed by atoms with Crippen LogP contribution in [-0.2, 0) is 6.42 Å². The molecule has 0 atom stereocenters. The maximum Gasteiger partial charge on any atom is 0.142 e. The number of hydrogen-bond donors (Lipinski definition) is 1. The number of aromatic nitrogens is 2. The molecule has 1 N–H and O–H groups in total. The number of anilines is 2. The Hall–Kier alpha value is -1.85. The number of nitrogens with zero attached hydrogens (tertiary/aromatic N) is 2. The van der Waals surface area contributed by atoms with Crippen LogP contribution in [0.15, 0.2) is 30.6 Å². The summed E-state index contributed by atoms with van der Waals surface area (Å²) in [5.74, 6) is 1.48. The minimum Gasteiger partial charge on any atom is -0.495 e. The third kappa shape index (κ3) is 2.80. The fourth-order valence-electron chi connectivity index (χ4n) is 2.08. The fraction of sp³-hybridized carbons (Fsp3) is 0.200. The van der Waals surface area contributed by atoms with Gasteiger partial charge >= 0.3 is 0 Å². The molecule has 3 aromatic rings. The second kappa shape index (κ2) is 5.87. The van der Waals surface area contributed by atoms with Crippen LogP contribution in [0.25, 0.3) is 10.2 Å². The first-order chi connectivity index (χ1) is 10.2. The lowest BCUT2D eigenvalue weighted by molar-refractivity contribution is 0.417. The molecule has 4 nitrogen and oxygen atoms in total. The summed E-state index contributed by atoms with van der Waals surface area (Å²) < 4.78 is 5.35. The van der Waals surface area contributed by atoms with E-state index in [0.717, 1.165) is 33.9 Å². The van der Waals surface area contributed by atoms with Crippen LogP contribution in [0.2, 0.25) is 5.02 Å². The Morgan fingerprint density at radius 2 is 2.14 bits per heavy atom. The van der Waals surface area contributed by atoms with Crippen LogP contribution in [-0.4, -0.2) is 17.1 Å². The van der Waals surface area contributed by atoms with Gasteiger partial charge in [0, 0.05) is 9.90 Å². The summed E-state index contributed by atoms with van der Waals surface area (Å²) in [6.45, 7) is 2.13. The maximum absolute atomic E-state index is 6.06. The van der Waals surface area contributed by atoms with E-state index in [0.29, 0.717) is 5.02 Å². The van der Waals surface area contributed by atoms with Gasteiger partial charge in [-0.3, -0.25) is 0 Å². The number of methoxy groups -OCH3 is 1. The number of ether oxygens (including phenoxy) is 1. The molecule has 0 aliphatic rings. The smallest absolute Gasteiger partial charge is 0.142 e. The van der Waals surface area contributed by atoms with Crippen LogP contribution in [0.1, 0.15) is 11.8 Å². The van der Waals surface area contributed by atoms with Gasteiger partial charge in [-0.25, -0.2) is 9.97 Å². The molecule has 0 amide bonds. The second-order valence-electron chi connectivity index (χ2n) is 4.48. The molecule has 0 aliphatic heterocycles. The van der Waals surface area contributed by atoms with Crippen LogP contribution < -0.4 is 10.1 Å². The predicted octanol–water partition coefficient (Wildman–Crippen LogP) is 4.66. The van der Waals surface area contributed by atoms with Crippen LogP contribution in [0.3, 0.4) is 0 Å². The van der Waals surface area contributed by atoms with Gasteiger partial charge in [-0.2, -0.15) is 0 Å². The first kappa shape index (κ1) is 14.1. The minimum absolute atomic E-state index is 0.642. The largest absolute Gasteiger partial charge is 0.495 e. The van der Waals surface area contributed by atoms with E-state index < -0.39 is 0 Å². The highest BCUT2D eigenvalue weighted by Gasteiger charge is 2.11. The molecule has 0 saturated heterocycles. The second-order valence-corrected chi connectivity index (χ2v) is 6.03. The highest BCUT2D eigenvalue weighted by atomic mass is 35.5. The van der Waals surface area contributed by atoms with Crippen molar-refractivity contribution in [2.24, 2.45) is 0 Å². The van der Waals surface area contributed by atoms with Crippen molar-refractivity contribution in [3.63, 3.8) is 0 Å². The molecular formula is C15H14ClN3OS. The van der Waals surface area contributed by atoms with Gasteiger partial charge in [0.2, 0.25) is 0 Å². The highest BCUT2D eigenvalue weighted by molar-refractivity contribution is 7.18. The fourth-order valence-corrected chi connectivity index (χ4v) is 3.19. The topological polar surface area (TPSA) is 47.0 Å². The quantitative estimate of drug-likeness (QED) is 0.759. The standard InChI is InChI=1S/C15H14ClN3OS/c1-3-10-7-11-14(17-8-18-15(11)21-10)19-12-6-9(16)4-5-13(12)20-2/h4-8H,3H2,1-2H3,(H,17,18,19). The molecule has 6 heteroatoms. The first-order valence-corrected chi connectivity index (χ1v) is 7.74. The summed E-state index contributed by atoms with van der Waals surface area (Å²) >= 11 is 7.75. The molecule has 3 rings (SSSR count). The molecule has 108 valence electrons. The predicted molar refractivity (Wildman–Crippen MR) is 88.1 cm³/mol. The zero-order valence-corrected chi connectivity index (χ0v) is 13.3. The van der Waals surface area contributed by atoms with E-state index in [-0.39, 0.29) is 0 Å². The number of fused-ring (bicyclic) bond motifs is 1. The molecular weight excluding hydrogens is 306 g/mol. The van der Waals surface area contributed by atoms with E-state index in [1.807, 2.05) is 12.1 Å². The van der Waals surface area contributed by atoms with Crippen molar-refractivity contribution < 1.29 is 4.74 Å². The van der Waals surface area contributed by atoms with Crippen molar-refractivity contribution in [2.75, 3.05) is 12.4 Å². The molecule has 0 spiro atoms. The Balaban J connectivity index is 2.05. The summed E-state index contributed by atoms with van der Waals surface area (Å²) in [6, 6.07) is 7.57. The molecule has 21 heavy (non-hydrogen) atoms. The lowest BCUT2D eigenvalue weighted by Gasteiger charge is -2.11. The molecule has 0 fully saturated rings. The van der Waals surface area contributed by atoms with Gasteiger partial charge in [0.05, 0.1) is 18.2 Å². The highest BCUT2D eigenvalue weighted by Crippen LogP contribution is 2.34. The molecule has 2 aromatic heterocycles. The summed E-state index contributed by atoms with van der Waals surface area (Å²) in [4.78, 5) is 10.9. The lowest BCUT2D eigenvalue weighted by Crippen LogP contribution is -1.97. The molecule has 2 heterocycles. The molecule has 1 aromatic carbocycles. The van der Waals surface area contributed by atoms with E-state index in [2.05, 4.69) is 28.3 Å². The van der Waals surface area contributed by atoms with Crippen molar-refractivity contribution in [1.82, 2.24) is 9.97 Å². The molecule has 0 aliphatic carbocycles. The van der Waals surface area contributed by atoms with Crippen molar-refractivity contribution in [3.8, 4) is 5.75 Å². The van der Waals surface area contributed by atoms with Gasteiger partial charge in [-0.05, 0) is 30.7 Å². The van der Waals surface area contributed by atoms with Gasteiger partial charge in [0.15, 0.2) is 0 Å². The number of hydrogen-bond acceptors (Lipinski definition) is 5. The Morgan fingerprint density at radius 3 is 2.90 bits per heavy atom. The van der Waals surface area contributed by atoms with Gasteiger partial charge in [0.1, 0.15) is 22.7 Å². The molecule has 0 saturated carbocycles. The van der Waals surface area contributed by atoms with Gasteiger partial charge < -0.3 is 10.1 Å². The van der Waals surface area contributed by atoms with Crippen molar-refractivity contribution >= 4 is 44.7 Å². The van der Waals surface area contributed by atoms with Crippen LogP contribution in [0.5, 0.6) is 5.75 Å². The third-order valence-corrected chi connectivity index (χ3v) is 4.57. The number of nitrogens with one attached hydrogen (secondary N) is 1. The van der Waals surface area contributed by atoms with Crippen LogP contribution in [0, 0.1) is 0 Å². The number of thiophene rings is 1. The average molecular weight is 320 g/mol. The van der Waals surface area contributed by atoms with Gasteiger partial charge in [-0.1, -0.05) is 18.5 Å². The van der Waals surface area contributed by atoms with E-state index >= 15 is 0 Å². The molecule has 0 unspecified atom stereocenters. The average Bonchev–Trinajstić information content (AvgIpc) is 2.92. The van der Waals surface area contributed by atoms with E-state index in [1.165, 1.54) is 4.88 Å². The van der Waals surface area contributed by atoms with E-state index in [4.69, 9.17) is 16.3 Å². The number of benzene rings is 1. The zero-order chi connectivity index (χ0) is 14.8. The van der Waals surface area contributed by atoms with Crippen LogP contribution >= 0.6 is 22.9 Å². The number of halogens is 1. The summed E-state index contributed by atoms with van der Waals surface area (Å²) in [5.41, 5.74) is 0.786. The van der Waals surface area contributed by atoms with Gasteiger partial charge in [0.25, 0.3) is 0 Å². The van der Waals surface area contributed by atoms with Crippen molar-refractivity contribution in [3.05, 3.63) is 40.5 Å². The van der Waals surface area contributed by atoms with Gasteiger partial charge in [-0.15, -0.1) is 11.3 Å². The molecule has 0 bridgehead atoms. The first-order valence-electron chi connectivity index (χ1n) is 6.55. The SMILES string of the molecule is CCc1cc2c(Nc3cc(Cl)ccc3OC)ncnc2s1. The normalized spacial score (nSPS) is 10.8. The van der Waals surface area contributed by atoms with E-state index in [1.54, 1.807) is 30.8 Å². The Kier molecular flexibility index (Phi) is 3.94. The van der Waals surface area contributed by atoms with Crippen molar-refractivity contribution in [2.45, 2.75) is 13.3 Å².